The maximum atomic E-state index is 11.3. The normalized spacial score (nSPS) is 14.2. The molecule has 1 N–H and O–H groups in total. The van der Waals surface area contributed by atoms with Crippen LogP contribution in [0.4, 0.5) is 0 Å². The zero-order chi connectivity index (χ0) is 12.0. The van der Waals surface area contributed by atoms with E-state index in [-0.39, 0.29) is 18.1 Å². The lowest BCUT2D eigenvalue weighted by molar-refractivity contribution is -0.142. The maximum Gasteiger partial charge on any atom is 0.322 e. The molecule has 16 heavy (non-hydrogen) atoms. The molecule has 3 heteroatoms. The van der Waals surface area contributed by atoms with E-state index >= 15 is 0 Å². The molecule has 0 aliphatic rings. The van der Waals surface area contributed by atoms with Crippen LogP contribution in [0.5, 0.6) is 0 Å². The predicted octanol–water partition coefficient (Wildman–Crippen LogP) is 2.29. The van der Waals surface area contributed by atoms with Crippen molar-refractivity contribution < 1.29 is 9.53 Å². The molecule has 2 atom stereocenters. The summed E-state index contributed by atoms with van der Waals surface area (Å²) < 4.78 is 4.69. The van der Waals surface area contributed by atoms with Crippen LogP contribution in [0.1, 0.15) is 31.9 Å². The van der Waals surface area contributed by atoms with Crippen molar-refractivity contribution >= 4 is 5.97 Å². The number of hydrogen-bond acceptors (Lipinski definition) is 3. The highest BCUT2D eigenvalue weighted by Crippen LogP contribution is 2.16. The highest BCUT2D eigenvalue weighted by atomic mass is 16.5. The summed E-state index contributed by atoms with van der Waals surface area (Å²) in [6.07, 6.45) is 0.936. The number of nitrogens with one attached hydrogen (secondary N) is 1. The molecule has 1 rings (SSSR count). The average molecular weight is 221 g/mol. The van der Waals surface area contributed by atoms with Gasteiger partial charge in [0.1, 0.15) is 6.04 Å². The molecule has 88 valence electrons. The SMILES string of the molecule is CCC(N[C@@H](C)C(=O)OC)c1ccccc1. The van der Waals surface area contributed by atoms with Crippen LogP contribution in [0.2, 0.25) is 0 Å². The molecule has 3 nitrogen and oxygen atoms in total. The largest absolute Gasteiger partial charge is 0.468 e. The standard InChI is InChI=1S/C13H19NO2/c1-4-12(11-8-6-5-7-9-11)14-10(2)13(15)16-3/h5-10,12,14H,4H2,1-3H3/t10-,12?/m0/s1. The lowest BCUT2D eigenvalue weighted by atomic mass is 10.0. The van der Waals surface area contributed by atoms with Crippen LogP contribution in [0.15, 0.2) is 30.3 Å². The fraction of sp³-hybridized carbons (Fsp3) is 0.462. The van der Waals surface area contributed by atoms with Crippen LogP contribution < -0.4 is 5.32 Å². The van der Waals surface area contributed by atoms with Crippen LogP contribution >= 0.6 is 0 Å². The Morgan fingerprint density at radius 1 is 1.38 bits per heavy atom. The Balaban J connectivity index is 2.66. The van der Waals surface area contributed by atoms with Crippen molar-refractivity contribution in [3.63, 3.8) is 0 Å². The molecule has 1 unspecified atom stereocenters. The molecule has 0 aromatic heterocycles. The lowest BCUT2D eigenvalue weighted by Gasteiger charge is -2.21. The van der Waals surface area contributed by atoms with Gasteiger partial charge in [-0.1, -0.05) is 37.3 Å². The van der Waals surface area contributed by atoms with Gasteiger partial charge in [-0.15, -0.1) is 0 Å². The Hall–Kier alpha value is -1.35. The first-order chi connectivity index (χ1) is 7.69. The number of benzene rings is 1. The van der Waals surface area contributed by atoms with E-state index in [0.717, 1.165) is 6.42 Å². The van der Waals surface area contributed by atoms with Gasteiger partial charge in [-0.05, 0) is 18.9 Å². The molecule has 0 radical (unpaired) electrons. The van der Waals surface area contributed by atoms with Gasteiger partial charge >= 0.3 is 5.97 Å². The first-order valence-electron chi connectivity index (χ1n) is 5.57. The second-order valence-electron chi connectivity index (χ2n) is 3.78. The van der Waals surface area contributed by atoms with Gasteiger partial charge in [0.25, 0.3) is 0 Å². The smallest absolute Gasteiger partial charge is 0.322 e. The van der Waals surface area contributed by atoms with E-state index in [9.17, 15) is 4.79 Å². The van der Waals surface area contributed by atoms with Crippen molar-refractivity contribution in [1.29, 1.82) is 0 Å². The van der Waals surface area contributed by atoms with Gasteiger partial charge in [0.2, 0.25) is 0 Å². The molecule has 1 aromatic rings. The Kier molecular flexibility index (Phi) is 4.99. The zero-order valence-corrected chi connectivity index (χ0v) is 10.1. The van der Waals surface area contributed by atoms with Gasteiger partial charge in [0, 0.05) is 6.04 Å². The molecule has 0 fully saturated rings. The summed E-state index contributed by atoms with van der Waals surface area (Å²) in [5, 5.41) is 3.26. The molecule has 0 saturated carbocycles. The van der Waals surface area contributed by atoms with Crippen LogP contribution in [0.25, 0.3) is 0 Å². The third kappa shape index (κ3) is 3.35. The predicted molar refractivity (Wildman–Crippen MR) is 64.1 cm³/mol. The molecule has 0 saturated heterocycles. The fourth-order valence-electron chi connectivity index (χ4n) is 1.68. The first kappa shape index (κ1) is 12.7. The summed E-state index contributed by atoms with van der Waals surface area (Å²) >= 11 is 0. The number of esters is 1. The van der Waals surface area contributed by atoms with E-state index in [4.69, 9.17) is 4.74 Å². The lowest BCUT2D eigenvalue weighted by Crippen LogP contribution is -2.37. The molecular formula is C13H19NO2. The molecular weight excluding hydrogens is 202 g/mol. The summed E-state index contributed by atoms with van der Waals surface area (Å²) in [6, 6.07) is 10.0. The van der Waals surface area contributed by atoms with Crippen molar-refractivity contribution in [3.05, 3.63) is 35.9 Å². The second kappa shape index (κ2) is 6.28. The molecule has 0 spiro atoms. The molecule has 0 aliphatic heterocycles. The quantitative estimate of drug-likeness (QED) is 0.775. The third-order valence-corrected chi connectivity index (χ3v) is 2.62. The Bertz CT molecular complexity index is 324. The molecule has 1 aromatic carbocycles. The number of carbonyl (C=O) groups excluding carboxylic acids is 1. The fourth-order valence-corrected chi connectivity index (χ4v) is 1.68. The van der Waals surface area contributed by atoms with E-state index in [1.54, 1.807) is 0 Å². The Morgan fingerprint density at radius 3 is 2.50 bits per heavy atom. The minimum absolute atomic E-state index is 0.190. The van der Waals surface area contributed by atoms with E-state index in [1.807, 2.05) is 25.1 Å². The highest BCUT2D eigenvalue weighted by molar-refractivity contribution is 5.75. The molecule has 0 bridgehead atoms. The summed E-state index contributed by atoms with van der Waals surface area (Å²) in [6.45, 7) is 3.91. The van der Waals surface area contributed by atoms with E-state index in [1.165, 1.54) is 12.7 Å². The monoisotopic (exact) mass is 221 g/mol. The maximum absolute atomic E-state index is 11.3. The minimum atomic E-state index is -0.282. The third-order valence-electron chi connectivity index (χ3n) is 2.62. The minimum Gasteiger partial charge on any atom is -0.468 e. The second-order valence-corrected chi connectivity index (χ2v) is 3.78. The van der Waals surface area contributed by atoms with E-state index in [0.29, 0.717) is 0 Å². The van der Waals surface area contributed by atoms with Crippen molar-refractivity contribution in [2.45, 2.75) is 32.4 Å². The first-order valence-corrected chi connectivity index (χ1v) is 5.57. The van der Waals surface area contributed by atoms with Gasteiger partial charge in [-0.25, -0.2) is 0 Å². The number of rotatable bonds is 5. The topological polar surface area (TPSA) is 38.3 Å². The number of carbonyl (C=O) groups is 1. The Labute approximate surface area is 96.8 Å². The van der Waals surface area contributed by atoms with Gasteiger partial charge < -0.3 is 4.74 Å². The van der Waals surface area contributed by atoms with E-state index in [2.05, 4.69) is 24.4 Å². The summed E-state index contributed by atoms with van der Waals surface area (Å²) in [4.78, 5) is 11.3. The van der Waals surface area contributed by atoms with E-state index < -0.39 is 0 Å². The number of hydrogen-bond donors (Lipinski definition) is 1. The Morgan fingerprint density at radius 2 is 2.00 bits per heavy atom. The molecule has 0 amide bonds. The van der Waals surface area contributed by atoms with Crippen molar-refractivity contribution in [3.8, 4) is 0 Å². The number of methoxy groups -OCH3 is 1. The van der Waals surface area contributed by atoms with Crippen LogP contribution in [0, 0.1) is 0 Å². The molecule has 0 aliphatic carbocycles. The van der Waals surface area contributed by atoms with Crippen molar-refractivity contribution in [2.24, 2.45) is 0 Å². The zero-order valence-electron chi connectivity index (χ0n) is 10.1. The van der Waals surface area contributed by atoms with Gasteiger partial charge in [0.05, 0.1) is 7.11 Å². The van der Waals surface area contributed by atoms with Gasteiger partial charge in [0.15, 0.2) is 0 Å². The average Bonchev–Trinajstić information content (AvgIpc) is 2.35. The van der Waals surface area contributed by atoms with Crippen LogP contribution in [-0.2, 0) is 9.53 Å². The number of ether oxygens (including phenoxy) is 1. The summed E-state index contributed by atoms with van der Waals surface area (Å²) in [5.74, 6) is -0.227. The van der Waals surface area contributed by atoms with Crippen LogP contribution in [-0.4, -0.2) is 19.1 Å². The highest BCUT2D eigenvalue weighted by Gasteiger charge is 2.17. The van der Waals surface area contributed by atoms with Gasteiger partial charge in [-0.2, -0.15) is 0 Å². The molecule has 0 heterocycles. The summed E-state index contributed by atoms with van der Waals surface area (Å²) in [7, 11) is 1.41. The van der Waals surface area contributed by atoms with Gasteiger partial charge in [-0.3, -0.25) is 10.1 Å². The van der Waals surface area contributed by atoms with Crippen LogP contribution in [0.3, 0.4) is 0 Å². The van der Waals surface area contributed by atoms with Crippen molar-refractivity contribution in [2.75, 3.05) is 7.11 Å². The summed E-state index contributed by atoms with van der Waals surface area (Å²) in [5.41, 5.74) is 1.20. The van der Waals surface area contributed by atoms with Crippen molar-refractivity contribution in [1.82, 2.24) is 5.32 Å².